The first-order valence-corrected chi connectivity index (χ1v) is 4.40. The van der Waals surface area contributed by atoms with Crippen molar-refractivity contribution in [1.82, 2.24) is 5.32 Å². The van der Waals surface area contributed by atoms with Crippen LogP contribution in [0.15, 0.2) is 16.5 Å². The van der Waals surface area contributed by atoms with Gasteiger partial charge in [-0.2, -0.15) is 13.2 Å². The maximum absolute atomic E-state index is 11.9. The average Bonchev–Trinajstić information content (AvgIpc) is 2.59. The van der Waals surface area contributed by atoms with Crippen LogP contribution in [0.2, 0.25) is 0 Å². The zero-order valence-corrected chi connectivity index (χ0v) is 8.34. The van der Waals surface area contributed by atoms with Crippen LogP contribution in [0, 0.1) is 6.92 Å². The molecule has 1 amide bonds. The van der Waals surface area contributed by atoms with Gasteiger partial charge in [0.15, 0.2) is 11.9 Å². The third-order valence-electron chi connectivity index (χ3n) is 1.80. The van der Waals surface area contributed by atoms with Gasteiger partial charge in [-0.05, 0) is 19.1 Å². The monoisotopic (exact) mass is 237 g/mol. The Morgan fingerprint density at radius 1 is 1.56 bits per heavy atom. The van der Waals surface area contributed by atoms with Gasteiger partial charge in [0.05, 0.1) is 6.54 Å². The van der Waals surface area contributed by atoms with Crippen molar-refractivity contribution in [2.75, 3.05) is 6.54 Å². The van der Waals surface area contributed by atoms with E-state index in [2.05, 4.69) is 0 Å². The molecular formula is C9H10F3NO3. The topological polar surface area (TPSA) is 62.5 Å². The second-order valence-corrected chi connectivity index (χ2v) is 3.18. The van der Waals surface area contributed by atoms with Gasteiger partial charge in [-0.1, -0.05) is 0 Å². The number of hydrogen-bond donors (Lipinski definition) is 2. The van der Waals surface area contributed by atoms with Gasteiger partial charge in [0, 0.05) is 0 Å². The number of amides is 1. The number of halogens is 3. The second-order valence-electron chi connectivity index (χ2n) is 3.18. The largest absolute Gasteiger partial charge is 0.456 e. The highest BCUT2D eigenvalue weighted by Gasteiger charge is 2.38. The van der Waals surface area contributed by atoms with E-state index in [0.29, 0.717) is 5.76 Å². The lowest BCUT2D eigenvalue weighted by Gasteiger charge is -2.14. The lowest BCUT2D eigenvalue weighted by molar-refractivity contribution is -0.201. The quantitative estimate of drug-likeness (QED) is 0.831. The van der Waals surface area contributed by atoms with E-state index >= 15 is 0 Å². The first-order chi connectivity index (χ1) is 7.30. The molecule has 0 radical (unpaired) electrons. The Labute approximate surface area is 89.1 Å². The molecule has 0 aliphatic carbocycles. The molecule has 1 rings (SSSR count). The SMILES string of the molecule is Cc1ccc(C(=O)NCC(O)C(F)(F)F)o1. The van der Waals surface area contributed by atoms with Gasteiger partial charge in [-0.25, -0.2) is 0 Å². The maximum Gasteiger partial charge on any atom is 0.416 e. The smallest absolute Gasteiger partial charge is 0.416 e. The molecular weight excluding hydrogens is 227 g/mol. The summed E-state index contributed by atoms with van der Waals surface area (Å²) in [6.07, 6.45) is -7.32. The van der Waals surface area contributed by atoms with Crippen LogP contribution in [-0.2, 0) is 0 Å². The molecule has 4 nitrogen and oxygen atoms in total. The Kier molecular flexibility index (Phi) is 3.58. The fourth-order valence-electron chi connectivity index (χ4n) is 0.949. The summed E-state index contributed by atoms with van der Waals surface area (Å²) in [5.41, 5.74) is 0. The number of carbonyl (C=O) groups excluding carboxylic acids is 1. The summed E-state index contributed by atoms with van der Waals surface area (Å²) in [6, 6.07) is 2.85. The Bertz CT molecular complexity index is 372. The number of aryl methyl sites for hydroxylation is 1. The molecule has 0 aromatic carbocycles. The molecule has 1 aromatic rings. The van der Waals surface area contributed by atoms with Gasteiger partial charge >= 0.3 is 6.18 Å². The van der Waals surface area contributed by atoms with E-state index in [1.165, 1.54) is 12.1 Å². The van der Waals surface area contributed by atoms with Crippen LogP contribution in [0.1, 0.15) is 16.3 Å². The molecule has 0 aliphatic heterocycles. The molecule has 1 aromatic heterocycles. The Hall–Kier alpha value is -1.50. The minimum absolute atomic E-state index is 0.0909. The molecule has 7 heteroatoms. The van der Waals surface area contributed by atoms with Gasteiger partial charge in [0.25, 0.3) is 5.91 Å². The Morgan fingerprint density at radius 3 is 2.62 bits per heavy atom. The minimum Gasteiger partial charge on any atom is -0.456 e. The molecule has 0 saturated carbocycles. The zero-order valence-electron chi connectivity index (χ0n) is 8.34. The van der Waals surface area contributed by atoms with Crippen molar-refractivity contribution in [3.8, 4) is 0 Å². The van der Waals surface area contributed by atoms with E-state index in [4.69, 9.17) is 9.52 Å². The molecule has 1 atom stereocenters. The summed E-state index contributed by atoms with van der Waals surface area (Å²) in [5, 5.41) is 10.5. The van der Waals surface area contributed by atoms with Crippen molar-refractivity contribution < 1.29 is 27.5 Å². The number of alkyl halides is 3. The van der Waals surface area contributed by atoms with E-state index < -0.39 is 24.7 Å². The number of carbonyl (C=O) groups is 1. The summed E-state index contributed by atoms with van der Waals surface area (Å²) < 4.78 is 40.5. The predicted molar refractivity (Wildman–Crippen MR) is 47.8 cm³/mol. The molecule has 90 valence electrons. The van der Waals surface area contributed by atoms with Crippen LogP contribution in [-0.4, -0.2) is 29.8 Å². The number of rotatable bonds is 3. The normalized spacial score (nSPS) is 13.6. The first-order valence-electron chi connectivity index (χ1n) is 4.40. The summed E-state index contributed by atoms with van der Waals surface area (Å²) in [7, 11) is 0. The van der Waals surface area contributed by atoms with Crippen molar-refractivity contribution in [2.45, 2.75) is 19.2 Å². The highest BCUT2D eigenvalue weighted by Crippen LogP contribution is 2.19. The maximum atomic E-state index is 11.9. The zero-order chi connectivity index (χ0) is 12.3. The lowest BCUT2D eigenvalue weighted by Crippen LogP contribution is -2.40. The van der Waals surface area contributed by atoms with Crippen LogP contribution in [0.4, 0.5) is 13.2 Å². The molecule has 0 aliphatic rings. The van der Waals surface area contributed by atoms with Crippen LogP contribution < -0.4 is 5.32 Å². The van der Waals surface area contributed by atoms with E-state index in [0.717, 1.165) is 0 Å². The summed E-state index contributed by atoms with van der Waals surface area (Å²) in [5.74, 6) is -0.412. The van der Waals surface area contributed by atoms with Crippen molar-refractivity contribution in [2.24, 2.45) is 0 Å². The van der Waals surface area contributed by atoms with Crippen molar-refractivity contribution in [3.05, 3.63) is 23.7 Å². The van der Waals surface area contributed by atoms with E-state index in [9.17, 15) is 18.0 Å². The average molecular weight is 237 g/mol. The van der Waals surface area contributed by atoms with Crippen molar-refractivity contribution in [3.63, 3.8) is 0 Å². The molecule has 16 heavy (non-hydrogen) atoms. The van der Waals surface area contributed by atoms with Gasteiger partial charge in [0.1, 0.15) is 5.76 Å². The van der Waals surface area contributed by atoms with Crippen molar-refractivity contribution in [1.29, 1.82) is 0 Å². The Balaban J connectivity index is 2.48. The van der Waals surface area contributed by atoms with Crippen molar-refractivity contribution >= 4 is 5.91 Å². The summed E-state index contributed by atoms with van der Waals surface area (Å²) >= 11 is 0. The number of furan rings is 1. The molecule has 0 saturated heterocycles. The third kappa shape index (κ3) is 3.27. The summed E-state index contributed by atoms with van der Waals surface area (Å²) in [4.78, 5) is 11.2. The number of aliphatic hydroxyl groups excluding tert-OH is 1. The van der Waals surface area contributed by atoms with Gasteiger partial charge in [0.2, 0.25) is 0 Å². The molecule has 2 N–H and O–H groups in total. The van der Waals surface area contributed by atoms with E-state index in [1.807, 2.05) is 5.32 Å². The standard InChI is InChI=1S/C9H10F3NO3/c1-5-2-3-6(16-5)8(15)13-4-7(14)9(10,11)12/h2-3,7,14H,4H2,1H3,(H,13,15). The fraction of sp³-hybridized carbons (Fsp3) is 0.444. The van der Waals surface area contributed by atoms with Crippen LogP contribution >= 0.6 is 0 Å². The highest BCUT2D eigenvalue weighted by atomic mass is 19.4. The minimum atomic E-state index is -4.74. The second kappa shape index (κ2) is 4.56. The third-order valence-corrected chi connectivity index (χ3v) is 1.80. The van der Waals surface area contributed by atoms with E-state index in [-0.39, 0.29) is 5.76 Å². The molecule has 0 fully saturated rings. The number of hydrogen-bond acceptors (Lipinski definition) is 3. The molecule has 1 heterocycles. The Morgan fingerprint density at radius 2 is 2.19 bits per heavy atom. The fourth-order valence-corrected chi connectivity index (χ4v) is 0.949. The molecule has 0 bridgehead atoms. The van der Waals surface area contributed by atoms with Crippen LogP contribution in [0.3, 0.4) is 0 Å². The van der Waals surface area contributed by atoms with E-state index in [1.54, 1.807) is 6.92 Å². The highest BCUT2D eigenvalue weighted by molar-refractivity contribution is 5.91. The van der Waals surface area contributed by atoms with Crippen LogP contribution in [0.25, 0.3) is 0 Å². The van der Waals surface area contributed by atoms with Crippen LogP contribution in [0.5, 0.6) is 0 Å². The summed E-state index contributed by atoms with van der Waals surface area (Å²) in [6.45, 7) is 0.698. The predicted octanol–water partition coefficient (Wildman–Crippen LogP) is 1.24. The van der Waals surface area contributed by atoms with Gasteiger partial charge < -0.3 is 14.8 Å². The molecule has 0 spiro atoms. The van der Waals surface area contributed by atoms with Gasteiger partial charge in [-0.3, -0.25) is 4.79 Å². The lowest BCUT2D eigenvalue weighted by atomic mass is 10.3. The first kappa shape index (κ1) is 12.6. The number of aliphatic hydroxyl groups is 1. The van der Waals surface area contributed by atoms with Gasteiger partial charge in [-0.15, -0.1) is 0 Å². The molecule has 1 unspecified atom stereocenters. The number of nitrogens with one attached hydrogen (secondary N) is 1.